The van der Waals surface area contributed by atoms with Gasteiger partial charge in [-0.2, -0.15) is 0 Å². The Morgan fingerprint density at radius 3 is 2.55 bits per heavy atom. The number of hydrogen-bond acceptors (Lipinski definition) is 3. The number of hydrazine groups is 1. The predicted octanol–water partition coefficient (Wildman–Crippen LogP) is 4.56. The van der Waals surface area contributed by atoms with Crippen LogP contribution in [0.25, 0.3) is 0 Å². The minimum Gasteiger partial charge on any atom is -0.271 e. The number of nitrogens with two attached hydrogens (primary N) is 1. The van der Waals surface area contributed by atoms with E-state index in [1.807, 2.05) is 0 Å². The number of hydrogen-bond donors (Lipinski definition) is 2. The van der Waals surface area contributed by atoms with E-state index in [1.165, 1.54) is 16.0 Å². The van der Waals surface area contributed by atoms with Crippen LogP contribution in [0.2, 0.25) is 0 Å². The minimum atomic E-state index is 0.113. The van der Waals surface area contributed by atoms with Crippen molar-refractivity contribution in [3.8, 4) is 0 Å². The van der Waals surface area contributed by atoms with Crippen LogP contribution < -0.4 is 11.3 Å². The molecule has 1 unspecified atom stereocenters. The molecule has 0 saturated heterocycles. The molecule has 0 saturated carbocycles. The van der Waals surface area contributed by atoms with Crippen LogP contribution in [0.3, 0.4) is 0 Å². The maximum atomic E-state index is 5.81. The average Bonchev–Trinajstić information content (AvgIpc) is 2.80. The monoisotopic (exact) mass is 352 g/mol. The molecule has 1 atom stereocenters. The van der Waals surface area contributed by atoms with E-state index in [-0.39, 0.29) is 11.5 Å². The van der Waals surface area contributed by atoms with Gasteiger partial charge in [0.1, 0.15) is 0 Å². The molecule has 108 valence electrons. The Morgan fingerprint density at radius 1 is 1.30 bits per heavy atom. The topological polar surface area (TPSA) is 38.0 Å². The van der Waals surface area contributed by atoms with Crippen molar-refractivity contribution < 1.29 is 0 Å². The Morgan fingerprint density at radius 2 is 2.00 bits per heavy atom. The van der Waals surface area contributed by atoms with Crippen molar-refractivity contribution in [3.05, 3.63) is 56.2 Å². The van der Waals surface area contributed by atoms with Crippen molar-refractivity contribution in [1.29, 1.82) is 0 Å². The molecule has 0 bridgehead atoms. The zero-order chi connectivity index (χ0) is 14.8. The molecule has 1 aromatic heterocycles. The van der Waals surface area contributed by atoms with Crippen LogP contribution in [0.4, 0.5) is 0 Å². The molecule has 0 aliphatic heterocycles. The first-order valence-corrected chi connectivity index (χ1v) is 8.37. The highest BCUT2D eigenvalue weighted by molar-refractivity contribution is 9.10. The Bertz CT molecular complexity index is 572. The van der Waals surface area contributed by atoms with E-state index >= 15 is 0 Å². The second-order valence-corrected chi connectivity index (χ2v) is 7.90. The molecule has 2 nitrogen and oxygen atoms in total. The second-order valence-electron chi connectivity index (χ2n) is 5.99. The normalized spacial score (nSPS) is 13.4. The highest BCUT2D eigenvalue weighted by atomic mass is 79.9. The number of rotatable bonds is 4. The summed E-state index contributed by atoms with van der Waals surface area (Å²) in [5, 5.41) is 2.11. The summed E-state index contributed by atoms with van der Waals surface area (Å²) in [6.45, 7) is 6.71. The third-order valence-electron chi connectivity index (χ3n) is 3.37. The lowest BCUT2D eigenvalue weighted by Gasteiger charge is -2.27. The Hall–Kier alpha value is -0.680. The number of nitrogens with one attached hydrogen (secondary N) is 1. The van der Waals surface area contributed by atoms with Crippen molar-refractivity contribution in [3.63, 3.8) is 0 Å². The molecule has 2 aromatic rings. The van der Waals surface area contributed by atoms with Gasteiger partial charge in [-0.3, -0.25) is 11.3 Å². The van der Waals surface area contributed by atoms with Crippen molar-refractivity contribution in [1.82, 2.24) is 5.43 Å². The summed E-state index contributed by atoms with van der Waals surface area (Å²) in [6, 6.07) is 10.8. The van der Waals surface area contributed by atoms with E-state index in [9.17, 15) is 0 Å². The summed E-state index contributed by atoms with van der Waals surface area (Å²) in [5.74, 6) is 5.81. The predicted molar refractivity (Wildman–Crippen MR) is 90.9 cm³/mol. The maximum Gasteiger partial charge on any atom is 0.0511 e. The van der Waals surface area contributed by atoms with Crippen molar-refractivity contribution in [2.24, 2.45) is 5.84 Å². The summed E-state index contributed by atoms with van der Waals surface area (Å²) < 4.78 is 1.14. The van der Waals surface area contributed by atoms with Crippen LogP contribution in [0.1, 0.15) is 42.8 Å². The maximum absolute atomic E-state index is 5.81. The van der Waals surface area contributed by atoms with E-state index in [1.54, 1.807) is 11.3 Å². The van der Waals surface area contributed by atoms with Gasteiger partial charge < -0.3 is 0 Å². The average molecular weight is 353 g/mol. The molecule has 0 amide bonds. The molecule has 0 radical (unpaired) electrons. The van der Waals surface area contributed by atoms with Gasteiger partial charge >= 0.3 is 0 Å². The SMILES string of the molecule is CC(C)(C)c1ccccc1C(Cc1cc(Br)cs1)NN. The lowest BCUT2D eigenvalue weighted by Crippen LogP contribution is -2.31. The Labute approximate surface area is 133 Å². The zero-order valence-electron chi connectivity index (χ0n) is 12.1. The van der Waals surface area contributed by atoms with E-state index in [0.29, 0.717) is 0 Å². The fourth-order valence-corrected chi connectivity index (χ4v) is 3.90. The smallest absolute Gasteiger partial charge is 0.0511 e. The van der Waals surface area contributed by atoms with Gasteiger partial charge in [0, 0.05) is 21.2 Å². The standard InChI is InChI=1S/C16H21BrN2S/c1-16(2,3)14-7-5-4-6-13(14)15(19-18)9-12-8-11(17)10-20-12/h4-8,10,15,19H,9,18H2,1-3H3. The first kappa shape index (κ1) is 15.7. The van der Waals surface area contributed by atoms with Gasteiger partial charge in [0.05, 0.1) is 6.04 Å². The first-order chi connectivity index (χ1) is 9.41. The zero-order valence-corrected chi connectivity index (χ0v) is 14.5. The van der Waals surface area contributed by atoms with E-state index in [2.05, 4.69) is 77.8 Å². The van der Waals surface area contributed by atoms with Crippen molar-refractivity contribution in [2.45, 2.75) is 38.6 Å². The number of benzene rings is 1. The summed E-state index contributed by atoms with van der Waals surface area (Å²) in [4.78, 5) is 1.32. The minimum absolute atomic E-state index is 0.113. The lowest BCUT2D eigenvalue weighted by atomic mass is 9.81. The number of halogens is 1. The summed E-state index contributed by atoms with van der Waals surface area (Å²) in [5.41, 5.74) is 5.72. The van der Waals surface area contributed by atoms with Crippen LogP contribution in [-0.4, -0.2) is 0 Å². The van der Waals surface area contributed by atoms with Crippen LogP contribution in [0.5, 0.6) is 0 Å². The van der Waals surface area contributed by atoms with Gasteiger partial charge in [0.15, 0.2) is 0 Å². The van der Waals surface area contributed by atoms with Crippen molar-refractivity contribution in [2.75, 3.05) is 0 Å². The summed E-state index contributed by atoms with van der Waals surface area (Å²) >= 11 is 5.26. The summed E-state index contributed by atoms with van der Waals surface area (Å²) in [6.07, 6.45) is 0.903. The van der Waals surface area contributed by atoms with Crippen LogP contribution in [-0.2, 0) is 11.8 Å². The van der Waals surface area contributed by atoms with Gasteiger partial charge in [-0.15, -0.1) is 11.3 Å². The van der Waals surface area contributed by atoms with Crippen LogP contribution in [0, 0.1) is 0 Å². The molecule has 2 rings (SSSR count). The fourth-order valence-electron chi connectivity index (χ4n) is 2.40. The largest absolute Gasteiger partial charge is 0.271 e. The number of thiophene rings is 1. The Kier molecular flexibility index (Phi) is 5.02. The fraction of sp³-hybridized carbons (Fsp3) is 0.375. The molecule has 0 aliphatic carbocycles. The molecule has 1 aromatic carbocycles. The first-order valence-electron chi connectivity index (χ1n) is 6.70. The van der Waals surface area contributed by atoms with Gasteiger partial charge in [-0.25, -0.2) is 0 Å². The van der Waals surface area contributed by atoms with E-state index in [0.717, 1.165) is 10.9 Å². The molecule has 0 fully saturated rings. The molecule has 1 heterocycles. The molecule has 0 spiro atoms. The van der Waals surface area contributed by atoms with Crippen LogP contribution in [0.15, 0.2) is 40.2 Å². The third kappa shape index (κ3) is 3.70. The van der Waals surface area contributed by atoms with Gasteiger partial charge in [-0.1, -0.05) is 45.0 Å². The van der Waals surface area contributed by atoms with Crippen molar-refractivity contribution >= 4 is 27.3 Å². The molecular weight excluding hydrogens is 332 g/mol. The highest BCUT2D eigenvalue weighted by Crippen LogP contribution is 2.32. The molecule has 3 N–H and O–H groups in total. The molecule has 20 heavy (non-hydrogen) atoms. The lowest BCUT2D eigenvalue weighted by molar-refractivity contribution is 0.520. The van der Waals surface area contributed by atoms with Crippen LogP contribution >= 0.6 is 27.3 Å². The molecule has 0 aliphatic rings. The van der Waals surface area contributed by atoms with Gasteiger partial charge in [0.25, 0.3) is 0 Å². The molecular formula is C16H21BrN2S. The molecule has 4 heteroatoms. The van der Waals surface area contributed by atoms with Gasteiger partial charge in [-0.05, 0) is 38.5 Å². The van der Waals surface area contributed by atoms with Gasteiger partial charge in [0.2, 0.25) is 0 Å². The van der Waals surface area contributed by atoms with E-state index < -0.39 is 0 Å². The second kappa shape index (κ2) is 6.39. The quantitative estimate of drug-likeness (QED) is 0.625. The Balaban J connectivity index is 2.32. The third-order valence-corrected chi connectivity index (χ3v) is 5.09. The highest BCUT2D eigenvalue weighted by Gasteiger charge is 2.22. The van der Waals surface area contributed by atoms with E-state index in [4.69, 9.17) is 5.84 Å². The summed E-state index contributed by atoms with van der Waals surface area (Å²) in [7, 11) is 0.